The number of unbranched alkanes of at least 4 members (excludes halogenated alkanes) is 2. The van der Waals surface area contributed by atoms with Gasteiger partial charge in [0.15, 0.2) is 0 Å². The summed E-state index contributed by atoms with van der Waals surface area (Å²) in [6, 6.07) is 0. The molecule has 0 atom stereocenters. The molecule has 1 amide bonds. The first-order valence-electron chi connectivity index (χ1n) is 8.03. The monoisotopic (exact) mass is 326 g/mol. The first-order valence-corrected chi connectivity index (χ1v) is 8.85. The van der Waals surface area contributed by atoms with Crippen molar-refractivity contribution in [3.8, 4) is 0 Å². The van der Waals surface area contributed by atoms with Crippen LogP contribution in [-0.4, -0.2) is 42.9 Å². The zero-order valence-electron chi connectivity index (χ0n) is 13.5. The maximum absolute atomic E-state index is 12.7. The molecule has 1 aromatic rings. The highest BCUT2D eigenvalue weighted by Crippen LogP contribution is 2.31. The molecule has 0 radical (unpaired) electrons. The molecule has 1 aliphatic rings. The highest BCUT2D eigenvalue weighted by atomic mass is 32.1. The Hall–Kier alpha value is -1.05. The Labute approximate surface area is 136 Å². The van der Waals surface area contributed by atoms with E-state index in [1.165, 1.54) is 24.2 Å². The van der Waals surface area contributed by atoms with Crippen LogP contribution in [-0.2, 0) is 16.0 Å². The number of carbonyl (C=O) groups is 1. The van der Waals surface area contributed by atoms with Crippen molar-refractivity contribution in [2.45, 2.75) is 45.4 Å². The third-order valence-electron chi connectivity index (χ3n) is 4.14. The number of aryl methyl sites for hydroxylation is 1. The third-order valence-corrected chi connectivity index (χ3v) is 5.04. The van der Waals surface area contributed by atoms with Crippen LogP contribution in [0.15, 0.2) is 0 Å². The van der Waals surface area contributed by atoms with Crippen LogP contribution in [0.1, 0.15) is 44.0 Å². The highest BCUT2D eigenvalue weighted by Gasteiger charge is 2.40. The van der Waals surface area contributed by atoms with Crippen LogP contribution in [0.5, 0.6) is 0 Å². The van der Waals surface area contributed by atoms with Gasteiger partial charge in [-0.3, -0.25) is 10.1 Å². The number of aromatic nitrogens is 2. The molecule has 6 nitrogen and oxygen atoms in total. The second-order valence-corrected chi connectivity index (χ2v) is 6.94. The van der Waals surface area contributed by atoms with E-state index in [4.69, 9.17) is 4.74 Å². The van der Waals surface area contributed by atoms with Crippen molar-refractivity contribution in [3.63, 3.8) is 0 Å². The standard InChI is InChI=1S/C15H26N4O2S/c1-3-4-5-6-12-18-19-14(22-12)17-13(20)15(11-21-2)7-9-16-10-8-15/h16H,3-11H2,1-2H3,(H,17,19,20). The maximum atomic E-state index is 12.7. The number of nitrogens with zero attached hydrogens (tertiary/aromatic N) is 2. The van der Waals surface area contributed by atoms with E-state index in [9.17, 15) is 4.79 Å². The van der Waals surface area contributed by atoms with Gasteiger partial charge >= 0.3 is 0 Å². The molecule has 0 aliphatic carbocycles. The predicted molar refractivity (Wildman–Crippen MR) is 88.2 cm³/mol. The van der Waals surface area contributed by atoms with Gasteiger partial charge < -0.3 is 10.1 Å². The van der Waals surface area contributed by atoms with Gasteiger partial charge in [-0.2, -0.15) is 0 Å². The second kappa shape index (κ2) is 8.55. The van der Waals surface area contributed by atoms with Crippen LogP contribution < -0.4 is 10.6 Å². The molecule has 2 rings (SSSR count). The van der Waals surface area contributed by atoms with Crippen molar-refractivity contribution >= 4 is 22.4 Å². The van der Waals surface area contributed by atoms with Gasteiger partial charge in [-0.05, 0) is 32.4 Å². The molecule has 1 aromatic heterocycles. The summed E-state index contributed by atoms with van der Waals surface area (Å²) in [4.78, 5) is 12.7. The first kappa shape index (κ1) is 17.3. The summed E-state index contributed by atoms with van der Waals surface area (Å²) in [5, 5.41) is 16.1. The second-order valence-electron chi connectivity index (χ2n) is 5.88. The Morgan fingerprint density at radius 2 is 2.14 bits per heavy atom. The minimum Gasteiger partial charge on any atom is -0.384 e. The predicted octanol–water partition coefficient (Wildman–Crippen LogP) is 2.23. The molecule has 1 fully saturated rings. The number of amides is 1. The Morgan fingerprint density at radius 1 is 1.36 bits per heavy atom. The molecule has 0 bridgehead atoms. The van der Waals surface area contributed by atoms with Gasteiger partial charge in [0.1, 0.15) is 5.01 Å². The molecule has 1 saturated heterocycles. The van der Waals surface area contributed by atoms with Gasteiger partial charge in [0.25, 0.3) is 0 Å². The van der Waals surface area contributed by atoms with Gasteiger partial charge in [-0.25, -0.2) is 0 Å². The number of rotatable bonds is 8. The van der Waals surface area contributed by atoms with Gasteiger partial charge in [0, 0.05) is 13.5 Å². The van der Waals surface area contributed by atoms with Crippen LogP contribution in [0, 0.1) is 5.41 Å². The minimum atomic E-state index is -0.450. The van der Waals surface area contributed by atoms with Crippen molar-refractivity contribution in [2.24, 2.45) is 5.41 Å². The summed E-state index contributed by atoms with van der Waals surface area (Å²) in [6.45, 7) is 4.31. The van der Waals surface area contributed by atoms with E-state index < -0.39 is 5.41 Å². The SMILES string of the molecule is CCCCCc1nnc(NC(=O)C2(COC)CCNCC2)s1. The molecular formula is C15H26N4O2S. The van der Waals surface area contributed by atoms with Crippen molar-refractivity contribution in [2.75, 3.05) is 32.1 Å². The number of piperidine rings is 1. The van der Waals surface area contributed by atoms with E-state index in [0.717, 1.165) is 43.8 Å². The van der Waals surface area contributed by atoms with E-state index in [1.807, 2.05) is 0 Å². The first-order chi connectivity index (χ1) is 10.7. The molecule has 0 saturated carbocycles. The largest absolute Gasteiger partial charge is 0.384 e. The summed E-state index contributed by atoms with van der Waals surface area (Å²) < 4.78 is 5.29. The van der Waals surface area contributed by atoms with E-state index in [-0.39, 0.29) is 5.91 Å². The number of hydrogen-bond acceptors (Lipinski definition) is 6. The molecule has 2 heterocycles. The lowest BCUT2D eigenvalue weighted by Gasteiger charge is -2.35. The number of methoxy groups -OCH3 is 1. The van der Waals surface area contributed by atoms with Crippen molar-refractivity contribution in [3.05, 3.63) is 5.01 Å². The lowest BCUT2D eigenvalue weighted by molar-refractivity contribution is -0.130. The normalized spacial score (nSPS) is 17.4. The van der Waals surface area contributed by atoms with Crippen LogP contribution in [0.3, 0.4) is 0 Å². The smallest absolute Gasteiger partial charge is 0.234 e. The zero-order chi connectivity index (χ0) is 15.8. The summed E-state index contributed by atoms with van der Waals surface area (Å²) >= 11 is 1.48. The maximum Gasteiger partial charge on any atom is 0.234 e. The average Bonchev–Trinajstić information content (AvgIpc) is 2.96. The molecule has 0 spiro atoms. The minimum absolute atomic E-state index is 0.00658. The zero-order valence-corrected chi connectivity index (χ0v) is 14.3. The lowest BCUT2D eigenvalue weighted by Crippen LogP contribution is -2.47. The fourth-order valence-corrected chi connectivity index (χ4v) is 3.56. The van der Waals surface area contributed by atoms with Crippen molar-refractivity contribution in [1.29, 1.82) is 0 Å². The van der Waals surface area contributed by atoms with Gasteiger partial charge in [-0.15, -0.1) is 10.2 Å². The molecule has 7 heteroatoms. The third kappa shape index (κ3) is 4.47. The number of hydrogen-bond donors (Lipinski definition) is 2. The Balaban J connectivity index is 1.94. The van der Waals surface area contributed by atoms with Gasteiger partial charge in [-0.1, -0.05) is 31.1 Å². The molecule has 124 valence electrons. The van der Waals surface area contributed by atoms with Crippen molar-refractivity contribution in [1.82, 2.24) is 15.5 Å². The van der Waals surface area contributed by atoms with E-state index in [2.05, 4.69) is 27.8 Å². The molecule has 22 heavy (non-hydrogen) atoms. The van der Waals surface area contributed by atoms with Gasteiger partial charge in [0.2, 0.25) is 11.0 Å². The number of ether oxygens (including phenoxy) is 1. The quantitative estimate of drug-likeness (QED) is 0.717. The lowest BCUT2D eigenvalue weighted by atomic mass is 9.79. The van der Waals surface area contributed by atoms with Crippen LogP contribution >= 0.6 is 11.3 Å². The highest BCUT2D eigenvalue weighted by molar-refractivity contribution is 7.15. The average molecular weight is 326 g/mol. The summed E-state index contributed by atoms with van der Waals surface area (Å²) in [5.41, 5.74) is -0.450. The van der Waals surface area contributed by atoms with Crippen LogP contribution in [0.25, 0.3) is 0 Å². The van der Waals surface area contributed by atoms with E-state index in [1.54, 1.807) is 7.11 Å². The van der Waals surface area contributed by atoms with Crippen LogP contribution in [0.4, 0.5) is 5.13 Å². The molecule has 2 N–H and O–H groups in total. The summed E-state index contributed by atoms with van der Waals surface area (Å²) in [7, 11) is 1.65. The fourth-order valence-electron chi connectivity index (χ4n) is 2.78. The van der Waals surface area contributed by atoms with Crippen molar-refractivity contribution < 1.29 is 9.53 Å². The molecule has 1 aliphatic heterocycles. The Bertz CT molecular complexity index is 466. The number of carbonyl (C=O) groups excluding carboxylic acids is 1. The fraction of sp³-hybridized carbons (Fsp3) is 0.800. The van der Waals surface area contributed by atoms with E-state index in [0.29, 0.717) is 11.7 Å². The van der Waals surface area contributed by atoms with E-state index >= 15 is 0 Å². The topological polar surface area (TPSA) is 76.1 Å². The van der Waals surface area contributed by atoms with Gasteiger partial charge in [0.05, 0.1) is 12.0 Å². The molecular weight excluding hydrogens is 300 g/mol. The molecule has 0 aromatic carbocycles. The van der Waals surface area contributed by atoms with Crippen LogP contribution in [0.2, 0.25) is 0 Å². The summed E-state index contributed by atoms with van der Waals surface area (Å²) in [6.07, 6.45) is 6.03. The Morgan fingerprint density at radius 3 is 2.82 bits per heavy atom. The number of anilines is 1. The Kier molecular flexibility index (Phi) is 6.72. The molecule has 0 unspecified atom stereocenters. The summed E-state index contributed by atoms with van der Waals surface area (Å²) in [5.74, 6) is 0.00658. The number of nitrogens with one attached hydrogen (secondary N) is 2.